The van der Waals surface area contributed by atoms with Crippen molar-refractivity contribution in [3.8, 4) is 5.75 Å². The fourth-order valence-electron chi connectivity index (χ4n) is 2.37. The molecule has 0 aliphatic rings. The number of ether oxygens (including phenoxy) is 1. The third kappa shape index (κ3) is 4.80. The average molecular weight is 355 g/mol. The summed E-state index contributed by atoms with van der Waals surface area (Å²) in [5, 5.41) is 0.234. The van der Waals surface area contributed by atoms with Crippen LogP contribution in [0.4, 0.5) is 0 Å². The second-order valence-electron chi connectivity index (χ2n) is 5.42. The number of alkyl halides is 1. The highest BCUT2D eigenvalue weighted by Gasteiger charge is 2.12. The van der Waals surface area contributed by atoms with Gasteiger partial charge in [-0.3, -0.25) is 0 Å². The van der Waals surface area contributed by atoms with Crippen molar-refractivity contribution in [2.75, 3.05) is 5.88 Å². The van der Waals surface area contributed by atoms with E-state index >= 15 is 0 Å². The maximum atomic E-state index is 6.18. The highest BCUT2D eigenvalue weighted by Crippen LogP contribution is 2.36. The Bertz CT molecular complexity index is 729. The summed E-state index contributed by atoms with van der Waals surface area (Å²) >= 11 is 7.97. The van der Waals surface area contributed by atoms with Crippen LogP contribution in [0.1, 0.15) is 16.4 Å². The van der Waals surface area contributed by atoms with Crippen molar-refractivity contribution in [3.05, 3.63) is 96.1 Å². The first-order valence-electron chi connectivity index (χ1n) is 7.89. The van der Waals surface area contributed by atoms with E-state index in [1.165, 1.54) is 16.0 Å². The Morgan fingerprint density at radius 3 is 2.04 bits per heavy atom. The van der Waals surface area contributed by atoms with E-state index in [0.717, 1.165) is 5.75 Å². The SMILES string of the molecule is ClCC(Sc1ccccc1)c1ccc(OCc2ccccc2)cc1. The lowest BCUT2D eigenvalue weighted by atomic mass is 10.1. The molecule has 0 amide bonds. The van der Waals surface area contributed by atoms with Gasteiger partial charge in [-0.25, -0.2) is 0 Å². The smallest absolute Gasteiger partial charge is 0.119 e. The Balaban J connectivity index is 1.62. The second-order valence-corrected chi connectivity index (χ2v) is 7.00. The fourth-order valence-corrected chi connectivity index (χ4v) is 3.74. The van der Waals surface area contributed by atoms with Gasteiger partial charge in [0.1, 0.15) is 12.4 Å². The summed E-state index contributed by atoms with van der Waals surface area (Å²) in [5.41, 5.74) is 2.38. The van der Waals surface area contributed by atoms with Crippen molar-refractivity contribution < 1.29 is 4.74 Å². The summed E-state index contributed by atoms with van der Waals surface area (Å²) in [6.45, 7) is 0.581. The molecule has 0 saturated heterocycles. The highest BCUT2D eigenvalue weighted by molar-refractivity contribution is 7.99. The Kier molecular flexibility index (Phi) is 6.22. The van der Waals surface area contributed by atoms with E-state index in [0.29, 0.717) is 12.5 Å². The summed E-state index contributed by atoms with van der Waals surface area (Å²) in [6, 6.07) is 28.8. The van der Waals surface area contributed by atoms with Crippen LogP contribution >= 0.6 is 23.4 Å². The van der Waals surface area contributed by atoms with Crippen molar-refractivity contribution in [2.24, 2.45) is 0 Å². The lowest BCUT2D eigenvalue weighted by molar-refractivity contribution is 0.306. The van der Waals surface area contributed by atoms with Crippen LogP contribution in [-0.4, -0.2) is 5.88 Å². The van der Waals surface area contributed by atoms with Gasteiger partial charge in [-0.05, 0) is 35.4 Å². The van der Waals surface area contributed by atoms with Crippen LogP contribution in [0.5, 0.6) is 5.75 Å². The molecule has 1 unspecified atom stereocenters. The third-order valence-corrected chi connectivity index (χ3v) is 5.42. The zero-order chi connectivity index (χ0) is 16.6. The van der Waals surface area contributed by atoms with Gasteiger partial charge in [-0.2, -0.15) is 0 Å². The Morgan fingerprint density at radius 2 is 1.42 bits per heavy atom. The maximum Gasteiger partial charge on any atom is 0.119 e. The van der Waals surface area contributed by atoms with Gasteiger partial charge in [-0.15, -0.1) is 23.4 Å². The standard InChI is InChI=1S/C21H19ClOS/c22-15-21(24-20-9-5-2-6-10-20)18-11-13-19(14-12-18)23-16-17-7-3-1-4-8-17/h1-14,21H,15-16H2. The van der Waals surface area contributed by atoms with E-state index in [9.17, 15) is 0 Å². The molecule has 0 aromatic heterocycles. The fraction of sp³-hybridized carbons (Fsp3) is 0.143. The maximum absolute atomic E-state index is 6.18. The Hall–Kier alpha value is -1.90. The molecule has 0 fully saturated rings. The van der Waals surface area contributed by atoms with Gasteiger partial charge < -0.3 is 4.74 Å². The Labute approximate surface area is 152 Å². The predicted molar refractivity (Wildman–Crippen MR) is 103 cm³/mol. The molecule has 0 N–H and O–H groups in total. The average Bonchev–Trinajstić information content (AvgIpc) is 2.67. The number of benzene rings is 3. The summed E-state index contributed by atoms with van der Waals surface area (Å²) in [7, 11) is 0. The van der Waals surface area contributed by atoms with Crippen LogP contribution < -0.4 is 4.74 Å². The lowest BCUT2D eigenvalue weighted by Gasteiger charge is -2.15. The Morgan fingerprint density at radius 1 is 0.792 bits per heavy atom. The monoisotopic (exact) mass is 354 g/mol. The molecule has 3 rings (SSSR count). The van der Waals surface area contributed by atoms with E-state index < -0.39 is 0 Å². The van der Waals surface area contributed by atoms with E-state index in [1.807, 2.05) is 48.5 Å². The van der Waals surface area contributed by atoms with Crippen molar-refractivity contribution in [3.63, 3.8) is 0 Å². The van der Waals surface area contributed by atoms with E-state index in [4.69, 9.17) is 16.3 Å². The molecule has 0 radical (unpaired) electrons. The van der Waals surface area contributed by atoms with Gasteiger partial charge in [0.15, 0.2) is 0 Å². The molecule has 0 spiro atoms. The molecule has 122 valence electrons. The quantitative estimate of drug-likeness (QED) is 0.361. The minimum Gasteiger partial charge on any atom is -0.489 e. The topological polar surface area (TPSA) is 9.23 Å². The van der Waals surface area contributed by atoms with Crippen molar-refractivity contribution in [2.45, 2.75) is 16.8 Å². The van der Waals surface area contributed by atoms with Crippen LogP contribution in [0, 0.1) is 0 Å². The minimum atomic E-state index is 0.234. The summed E-state index contributed by atoms with van der Waals surface area (Å²) in [5.74, 6) is 1.45. The molecule has 0 aliphatic heterocycles. The largest absolute Gasteiger partial charge is 0.489 e. The van der Waals surface area contributed by atoms with Crippen LogP contribution in [0.25, 0.3) is 0 Å². The molecular formula is C21H19ClOS. The molecule has 3 heteroatoms. The third-order valence-electron chi connectivity index (χ3n) is 3.66. The van der Waals surface area contributed by atoms with Crippen LogP contribution in [0.15, 0.2) is 89.8 Å². The van der Waals surface area contributed by atoms with Crippen molar-refractivity contribution >= 4 is 23.4 Å². The van der Waals surface area contributed by atoms with E-state index in [1.54, 1.807) is 11.8 Å². The van der Waals surface area contributed by atoms with Gasteiger partial charge in [0.2, 0.25) is 0 Å². The lowest BCUT2D eigenvalue weighted by Crippen LogP contribution is -1.98. The molecule has 3 aromatic rings. The van der Waals surface area contributed by atoms with Crippen molar-refractivity contribution in [1.82, 2.24) is 0 Å². The first kappa shape index (κ1) is 16.9. The summed E-state index contributed by atoms with van der Waals surface area (Å²) in [6.07, 6.45) is 0. The number of halogens is 1. The molecular weight excluding hydrogens is 336 g/mol. The van der Waals surface area contributed by atoms with Gasteiger partial charge in [-0.1, -0.05) is 60.7 Å². The second kappa shape index (κ2) is 8.81. The molecule has 24 heavy (non-hydrogen) atoms. The van der Waals surface area contributed by atoms with Gasteiger partial charge in [0.25, 0.3) is 0 Å². The first-order valence-corrected chi connectivity index (χ1v) is 9.31. The van der Waals surface area contributed by atoms with Crippen LogP contribution in [0.2, 0.25) is 0 Å². The number of rotatable bonds is 7. The highest BCUT2D eigenvalue weighted by atomic mass is 35.5. The molecule has 1 atom stereocenters. The normalized spacial score (nSPS) is 11.9. The molecule has 0 saturated carbocycles. The van der Waals surface area contributed by atoms with Crippen molar-refractivity contribution in [1.29, 1.82) is 0 Å². The van der Waals surface area contributed by atoms with Gasteiger partial charge >= 0.3 is 0 Å². The van der Waals surface area contributed by atoms with Crippen LogP contribution in [-0.2, 0) is 6.61 Å². The summed E-state index contributed by atoms with van der Waals surface area (Å²) < 4.78 is 5.84. The molecule has 3 aromatic carbocycles. The molecule has 0 aliphatic carbocycles. The number of hydrogen-bond donors (Lipinski definition) is 0. The molecule has 0 bridgehead atoms. The minimum absolute atomic E-state index is 0.234. The first-order chi connectivity index (χ1) is 11.8. The zero-order valence-corrected chi connectivity index (χ0v) is 14.8. The molecule has 1 nitrogen and oxygen atoms in total. The van der Waals surface area contributed by atoms with E-state index in [-0.39, 0.29) is 5.25 Å². The van der Waals surface area contributed by atoms with E-state index in [2.05, 4.69) is 36.4 Å². The molecule has 0 heterocycles. The predicted octanol–water partition coefficient (Wildman–Crippen LogP) is 6.34. The summed E-state index contributed by atoms with van der Waals surface area (Å²) in [4.78, 5) is 1.23. The van der Waals surface area contributed by atoms with Gasteiger partial charge in [0, 0.05) is 16.0 Å². The van der Waals surface area contributed by atoms with Crippen LogP contribution in [0.3, 0.4) is 0 Å². The zero-order valence-electron chi connectivity index (χ0n) is 13.3. The number of thioether (sulfide) groups is 1. The number of hydrogen-bond acceptors (Lipinski definition) is 2. The van der Waals surface area contributed by atoms with Gasteiger partial charge in [0.05, 0.1) is 0 Å².